The second kappa shape index (κ2) is 5.25. The number of carbonyl (C=O) groups excluding carboxylic acids is 1. The fraction of sp³-hybridized carbons (Fsp3) is 0.235. The van der Waals surface area contributed by atoms with E-state index in [0.29, 0.717) is 6.54 Å². The summed E-state index contributed by atoms with van der Waals surface area (Å²) in [4.78, 5) is 14.4. The molecule has 0 bridgehead atoms. The predicted octanol–water partition coefficient (Wildman–Crippen LogP) is 4.46. The number of aromatic nitrogens is 1. The van der Waals surface area contributed by atoms with E-state index in [2.05, 4.69) is 35.8 Å². The van der Waals surface area contributed by atoms with Crippen molar-refractivity contribution >= 4 is 28.0 Å². The van der Waals surface area contributed by atoms with Crippen molar-refractivity contribution in [3.63, 3.8) is 0 Å². The Kier molecular flexibility index (Phi) is 3.45. The molecule has 0 saturated heterocycles. The molecule has 2 aromatic heterocycles. The Morgan fingerprint density at radius 1 is 1.20 bits per heavy atom. The first-order chi connectivity index (χ1) is 9.69. The average molecular weight is 283 g/mol. The van der Waals surface area contributed by atoms with Gasteiger partial charge in [-0.1, -0.05) is 25.1 Å². The van der Waals surface area contributed by atoms with Crippen LogP contribution in [0.25, 0.3) is 10.9 Å². The number of ketones is 1. The first kappa shape index (κ1) is 13.1. The normalized spacial score (nSPS) is 11.1. The third-order valence-electron chi connectivity index (χ3n) is 3.58. The van der Waals surface area contributed by atoms with Crippen molar-refractivity contribution in [1.82, 2.24) is 4.57 Å². The lowest BCUT2D eigenvalue weighted by Gasteiger charge is -2.07. The molecule has 0 aliphatic carbocycles. The van der Waals surface area contributed by atoms with Crippen LogP contribution in [0.5, 0.6) is 0 Å². The molecule has 0 fully saturated rings. The number of fused-ring (bicyclic) bond motifs is 1. The summed E-state index contributed by atoms with van der Waals surface area (Å²) < 4.78 is 2.07. The number of rotatable bonds is 4. The van der Waals surface area contributed by atoms with Gasteiger partial charge in [0, 0.05) is 11.1 Å². The predicted molar refractivity (Wildman–Crippen MR) is 84.7 cm³/mol. The minimum Gasteiger partial charge on any atom is -0.339 e. The van der Waals surface area contributed by atoms with Crippen molar-refractivity contribution < 1.29 is 4.79 Å². The van der Waals surface area contributed by atoms with Crippen molar-refractivity contribution in [3.8, 4) is 0 Å². The maximum absolute atomic E-state index is 12.4. The molecule has 3 aromatic rings. The highest BCUT2D eigenvalue weighted by Gasteiger charge is 2.12. The van der Waals surface area contributed by atoms with E-state index < -0.39 is 0 Å². The molecule has 0 radical (unpaired) electrons. The fourth-order valence-electron chi connectivity index (χ4n) is 2.57. The van der Waals surface area contributed by atoms with E-state index in [9.17, 15) is 4.79 Å². The number of benzene rings is 1. The monoisotopic (exact) mass is 283 g/mol. The minimum absolute atomic E-state index is 0.187. The number of thiophene rings is 1. The maximum Gasteiger partial charge on any atom is 0.192 e. The van der Waals surface area contributed by atoms with Gasteiger partial charge < -0.3 is 4.57 Å². The number of aryl methyl sites for hydroxylation is 2. The molecule has 1 aromatic carbocycles. The van der Waals surface area contributed by atoms with Crippen molar-refractivity contribution in [1.29, 1.82) is 0 Å². The number of carbonyl (C=O) groups is 1. The zero-order chi connectivity index (χ0) is 14.1. The highest BCUT2D eigenvalue weighted by Crippen LogP contribution is 2.22. The van der Waals surface area contributed by atoms with Gasteiger partial charge in [-0.05, 0) is 42.5 Å². The number of hydrogen-bond donors (Lipinski definition) is 0. The molecule has 0 unspecified atom stereocenters. The maximum atomic E-state index is 12.4. The fourth-order valence-corrected chi connectivity index (χ4v) is 3.37. The molecule has 3 heteroatoms. The first-order valence-corrected chi connectivity index (χ1v) is 7.67. The lowest BCUT2D eigenvalue weighted by atomic mass is 10.1. The summed E-state index contributed by atoms with van der Waals surface area (Å²) in [5, 5.41) is 1.21. The summed E-state index contributed by atoms with van der Waals surface area (Å²) in [6.45, 7) is 4.60. The number of Topliss-reactive ketones (excluding diaryl/α,β-unsaturated/α-hetero) is 1. The van der Waals surface area contributed by atoms with E-state index in [1.54, 1.807) is 11.3 Å². The van der Waals surface area contributed by atoms with Gasteiger partial charge in [-0.25, -0.2) is 0 Å². The molecule has 0 atom stereocenters. The second-order valence-electron chi connectivity index (χ2n) is 4.99. The van der Waals surface area contributed by atoms with E-state index in [0.717, 1.165) is 11.3 Å². The van der Waals surface area contributed by atoms with Crippen LogP contribution < -0.4 is 0 Å². The molecule has 0 saturated carbocycles. The molecule has 2 nitrogen and oxygen atoms in total. The molecule has 102 valence electrons. The summed E-state index contributed by atoms with van der Waals surface area (Å²) in [7, 11) is 0. The molecule has 0 aliphatic rings. The number of hydrogen-bond acceptors (Lipinski definition) is 2. The van der Waals surface area contributed by atoms with E-state index in [1.165, 1.54) is 21.3 Å². The molecular formula is C17H17NOS. The molecule has 0 aliphatic heterocycles. The van der Waals surface area contributed by atoms with Gasteiger partial charge >= 0.3 is 0 Å². The summed E-state index contributed by atoms with van der Waals surface area (Å²) >= 11 is 1.57. The Hall–Kier alpha value is -1.87. The van der Waals surface area contributed by atoms with Gasteiger partial charge in [0.25, 0.3) is 0 Å². The molecule has 20 heavy (non-hydrogen) atoms. The van der Waals surface area contributed by atoms with E-state index in [1.807, 2.05) is 25.3 Å². The zero-order valence-electron chi connectivity index (χ0n) is 11.7. The molecule has 0 spiro atoms. The number of para-hydroxylation sites is 1. The van der Waals surface area contributed by atoms with Crippen LogP contribution in [-0.2, 0) is 13.0 Å². The third kappa shape index (κ3) is 2.29. The van der Waals surface area contributed by atoms with Crippen molar-refractivity contribution in [2.75, 3.05) is 0 Å². The van der Waals surface area contributed by atoms with Gasteiger partial charge in [-0.3, -0.25) is 4.79 Å². The zero-order valence-corrected chi connectivity index (χ0v) is 12.5. The van der Waals surface area contributed by atoms with E-state index in [4.69, 9.17) is 0 Å². The van der Waals surface area contributed by atoms with E-state index in [-0.39, 0.29) is 5.78 Å². The standard InChI is InChI=1S/C17H17NOS/c1-3-13-5-4-6-14-9-10-18(17(13)14)11-15(19)16-8-7-12(2)20-16/h4-10H,3,11H2,1-2H3. The molecule has 0 amide bonds. The highest BCUT2D eigenvalue weighted by atomic mass is 32.1. The van der Waals surface area contributed by atoms with Crippen LogP contribution in [0.2, 0.25) is 0 Å². The Morgan fingerprint density at radius 2 is 2.05 bits per heavy atom. The molecule has 0 N–H and O–H groups in total. The van der Waals surface area contributed by atoms with Crippen LogP contribution in [0.1, 0.15) is 27.0 Å². The average Bonchev–Trinajstić information content (AvgIpc) is 3.05. The lowest BCUT2D eigenvalue weighted by molar-refractivity contribution is 0.0977. The van der Waals surface area contributed by atoms with Crippen LogP contribution >= 0.6 is 11.3 Å². The van der Waals surface area contributed by atoms with Gasteiger partial charge in [0.15, 0.2) is 5.78 Å². The van der Waals surface area contributed by atoms with Gasteiger partial charge in [0.2, 0.25) is 0 Å². The van der Waals surface area contributed by atoms with Crippen LogP contribution in [0.3, 0.4) is 0 Å². The van der Waals surface area contributed by atoms with E-state index >= 15 is 0 Å². The second-order valence-corrected chi connectivity index (χ2v) is 6.27. The quantitative estimate of drug-likeness (QED) is 0.648. The number of nitrogens with zero attached hydrogens (tertiary/aromatic N) is 1. The smallest absolute Gasteiger partial charge is 0.192 e. The lowest BCUT2D eigenvalue weighted by Crippen LogP contribution is -2.08. The van der Waals surface area contributed by atoms with Crippen LogP contribution in [0.15, 0.2) is 42.6 Å². The minimum atomic E-state index is 0.187. The van der Waals surface area contributed by atoms with Crippen molar-refractivity contribution in [2.24, 2.45) is 0 Å². The summed E-state index contributed by atoms with van der Waals surface area (Å²) in [6, 6.07) is 12.3. The molecule has 3 rings (SSSR count). The topological polar surface area (TPSA) is 22.0 Å². The van der Waals surface area contributed by atoms with Crippen LogP contribution in [0.4, 0.5) is 0 Å². The Labute approximate surface area is 122 Å². The Bertz CT molecular complexity index is 766. The molecular weight excluding hydrogens is 266 g/mol. The third-order valence-corrected chi connectivity index (χ3v) is 4.62. The Balaban J connectivity index is 1.97. The highest BCUT2D eigenvalue weighted by molar-refractivity contribution is 7.14. The van der Waals surface area contributed by atoms with Gasteiger partial charge in [-0.15, -0.1) is 11.3 Å². The van der Waals surface area contributed by atoms with Crippen LogP contribution in [-0.4, -0.2) is 10.4 Å². The Morgan fingerprint density at radius 3 is 2.75 bits per heavy atom. The van der Waals surface area contributed by atoms with Gasteiger partial charge in [-0.2, -0.15) is 0 Å². The SMILES string of the molecule is CCc1cccc2ccn(CC(=O)c3ccc(C)s3)c12. The summed E-state index contributed by atoms with van der Waals surface area (Å²) in [6.07, 6.45) is 3.00. The largest absolute Gasteiger partial charge is 0.339 e. The van der Waals surface area contributed by atoms with Crippen molar-refractivity contribution in [2.45, 2.75) is 26.8 Å². The summed E-state index contributed by atoms with van der Waals surface area (Å²) in [5.41, 5.74) is 2.49. The summed E-state index contributed by atoms with van der Waals surface area (Å²) in [5.74, 6) is 0.187. The van der Waals surface area contributed by atoms with Gasteiger partial charge in [0.05, 0.1) is 16.9 Å². The van der Waals surface area contributed by atoms with Gasteiger partial charge in [0.1, 0.15) is 0 Å². The van der Waals surface area contributed by atoms with Crippen LogP contribution in [0, 0.1) is 6.92 Å². The van der Waals surface area contributed by atoms with Crippen molar-refractivity contribution in [3.05, 3.63) is 57.9 Å². The molecule has 2 heterocycles. The first-order valence-electron chi connectivity index (χ1n) is 6.85.